The van der Waals surface area contributed by atoms with E-state index in [0.717, 1.165) is 28.2 Å². The Morgan fingerprint density at radius 2 is 2.30 bits per heavy atom. The van der Waals surface area contributed by atoms with Crippen molar-refractivity contribution in [2.24, 2.45) is 0 Å². The van der Waals surface area contributed by atoms with Crippen molar-refractivity contribution in [3.05, 3.63) is 46.2 Å². The zero-order valence-electron chi connectivity index (χ0n) is 10.9. The highest BCUT2D eigenvalue weighted by atomic mass is 32.1. The lowest BCUT2D eigenvalue weighted by Crippen LogP contribution is -2.04. The number of benzene rings is 1. The summed E-state index contributed by atoms with van der Waals surface area (Å²) < 4.78 is 2.06. The van der Waals surface area contributed by atoms with Crippen molar-refractivity contribution < 1.29 is 9.90 Å². The molecule has 0 aliphatic heterocycles. The second kappa shape index (κ2) is 5.05. The fourth-order valence-electron chi connectivity index (χ4n) is 2.23. The van der Waals surface area contributed by atoms with Crippen LogP contribution in [-0.2, 0) is 13.0 Å². The lowest BCUT2D eigenvalue weighted by molar-refractivity contribution is 0.0697. The third-order valence-corrected chi connectivity index (χ3v) is 3.95. The molecular formula is C14H13N3O2S. The Balaban J connectivity index is 2.15. The van der Waals surface area contributed by atoms with Gasteiger partial charge in [-0.05, 0) is 18.2 Å². The van der Waals surface area contributed by atoms with Gasteiger partial charge in [-0.1, -0.05) is 6.92 Å². The van der Waals surface area contributed by atoms with Gasteiger partial charge >= 0.3 is 5.97 Å². The van der Waals surface area contributed by atoms with Crippen LogP contribution in [0.15, 0.2) is 29.9 Å². The summed E-state index contributed by atoms with van der Waals surface area (Å²) in [6.45, 7) is 2.72. The van der Waals surface area contributed by atoms with Crippen LogP contribution in [0.5, 0.6) is 0 Å². The van der Waals surface area contributed by atoms with Gasteiger partial charge in [-0.3, -0.25) is 4.98 Å². The average molecular weight is 287 g/mol. The van der Waals surface area contributed by atoms with E-state index in [2.05, 4.69) is 14.5 Å². The Labute approximate surface area is 119 Å². The quantitative estimate of drug-likeness (QED) is 0.801. The van der Waals surface area contributed by atoms with Crippen LogP contribution in [0.25, 0.3) is 11.0 Å². The maximum Gasteiger partial charge on any atom is 0.335 e. The zero-order valence-corrected chi connectivity index (χ0v) is 11.7. The topological polar surface area (TPSA) is 68.0 Å². The molecule has 0 bridgehead atoms. The molecule has 6 heteroatoms. The maximum atomic E-state index is 11.1. The molecule has 0 aliphatic rings. The van der Waals surface area contributed by atoms with Gasteiger partial charge in [-0.15, -0.1) is 11.3 Å². The number of rotatable bonds is 4. The van der Waals surface area contributed by atoms with Gasteiger partial charge in [0.2, 0.25) is 0 Å². The summed E-state index contributed by atoms with van der Waals surface area (Å²) in [5, 5.41) is 9.12. The summed E-state index contributed by atoms with van der Waals surface area (Å²) >= 11 is 1.58. The number of carboxylic acid groups (broad SMARTS) is 1. The van der Waals surface area contributed by atoms with Crippen LogP contribution >= 0.6 is 11.3 Å². The Kier molecular flexibility index (Phi) is 3.23. The van der Waals surface area contributed by atoms with E-state index < -0.39 is 5.97 Å². The number of nitrogens with zero attached hydrogens (tertiary/aromatic N) is 3. The largest absolute Gasteiger partial charge is 0.478 e. The minimum Gasteiger partial charge on any atom is -0.478 e. The minimum atomic E-state index is -0.921. The standard InChI is InChI=1S/C14H13N3O2S/c1-2-13-16-11-4-3-9(14(18)19)5-12(11)17(13)7-10-6-15-8-20-10/h3-6,8H,2,7H2,1H3,(H,18,19). The number of carbonyl (C=O) groups is 1. The predicted octanol–water partition coefficient (Wildman–Crippen LogP) is 2.80. The lowest BCUT2D eigenvalue weighted by atomic mass is 10.2. The van der Waals surface area contributed by atoms with Crippen molar-refractivity contribution in [3.8, 4) is 0 Å². The molecule has 1 aromatic carbocycles. The highest BCUT2D eigenvalue weighted by Crippen LogP contribution is 2.21. The zero-order chi connectivity index (χ0) is 14.1. The molecule has 0 amide bonds. The van der Waals surface area contributed by atoms with Crippen molar-refractivity contribution in [3.63, 3.8) is 0 Å². The predicted molar refractivity (Wildman–Crippen MR) is 77.3 cm³/mol. The summed E-state index contributed by atoms with van der Waals surface area (Å²) in [6, 6.07) is 5.04. The van der Waals surface area contributed by atoms with E-state index in [0.29, 0.717) is 6.54 Å². The molecular weight excluding hydrogens is 274 g/mol. The molecule has 2 aromatic heterocycles. The maximum absolute atomic E-state index is 11.1. The molecule has 20 heavy (non-hydrogen) atoms. The monoisotopic (exact) mass is 287 g/mol. The summed E-state index contributed by atoms with van der Waals surface area (Å²) in [4.78, 5) is 20.9. The molecule has 0 radical (unpaired) electrons. The number of aromatic carboxylic acids is 1. The Bertz CT molecular complexity index is 762. The van der Waals surface area contributed by atoms with E-state index in [1.807, 2.05) is 13.1 Å². The molecule has 0 saturated carbocycles. The van der Waals surface area contributed by atoms with Gasteiger partial charge < -0.3 is 9.67 Å². The number of thiazole rings is 1. The second-order valence-corrected chi connectivity index (χ2v) is 5.42. The summed E-state index contributed by atoms with van der Waals surface area (Å²) in [5.74, 6) is 0.0337. The number of carboxylic acids is 1. The van der Waals surface area contributed by atoms with Crippen molar-refractivity contribution in [1.29, 1.82) is 0 Å². The van der Waals surface area contributed by atoms with Crippen molar-refractivity contribution in [2.75, 3.05) is 0 Å². The van der Waals surface area contributed by atoms with E-state index in [9.17, 15) is 4.79 Å². The first kappa shape index (κ1) is 12.8. The summed E-state index contributed by atoms with van der Waals surface area (Å²) in [6.07, 6.45) is 2.63. The molecule has 102 valence electrons. The minimum absolute atomic E-state index is 0.283. The third-order valence-electron chi connectivity index (χ3n) is 3.19. The molecule has 1 N–H and O–H groups in total. The molecule has 5 nitrogen and oxygen atoms in total. The van der Waals surface area contributed by atoms with Crippen LogP contribution < -0.4 is 0 Å². The summed E-state index contributed by atoms with van der Waals surface area (Å²) in [5.41, 5.74) is 3.76. The smallest absolute Gasteiger partial charge is 0.335 e. The Morgan fingerprint density at radius 3 is 2.95 bits per heavy atom. The van der Waals surface area contributed by atoms with Gasteiger partial charge in [0.05, 0.1) is 28.7 Å². The average Bonchev–Trinajstić information content (AvgIpc) is 3.06. The molecule has 3 rings (SSSR count). The number of imidazole rings is 1. The van der Waals surface area contributed by atoms with E-state index >= 15 is 0 Å². The van der Waals surface area contributed by atoms with E-state index in [-0.39, 0.29) is 5.56 Å². The van der Waals surface area contributed by atoms with Crippen molar-refractivity contribution in [2.45, 2.75) is 19.9 Å². The highest BCUT2D eigenvalue weighted by molar-refractivity contribution is 7.09. The molecule has 3 aromatic rings. The van der Waals surface area contributed by atoms with Crippen LogP contribution in [0.1, 0.15) is 28.0 Å². The molecule has 0 atom stereocenters. The number of aromatic nitrogens is 3. The van der Waals surface area contributed by atoms with Crippen LogP contribution in [-0.4, -0.2) is 25.6 Å². The molecule has 2 heterocycles. The van der Waals surface area contributed by atoms with Gasteiger partial charge in [-0.2, -0.15) is 0 Å². The van der Waals surface area contributed by atoms with Crippen molar-refractivity contribution in [1.82, 2.24) is 14.5 Å². The summed E-state index contributed by atoms with van der Waals surface area (Å²) in [7, 11) is 0. The third kappa shape index (κ3) is 2.18. The van der Waals surface area contributed by atoms with E-state index in [4.69, 9.17) is 5.11 Å². The lowest BCUT2D eigenvalue weighted by Gasteiger charge is -2.06. The van der Waals surface area contributed by atoms with Crippen LogP contribution in [0, 0.1) is 0 Å². The van der Waals surface area contributed by atoms with Crippen LogP contribution in [0.2, 0.25) is 0 Å². The van der Waals surface area contributed by atoms with Gasteiger partial charge in [0, 0.05) is 17.5 Å². The van der Waals surface area contributed by atoms with Crippen molar-refractivity contribution >= 4 is 28.3 Å². The van der Waals surface area contributed by atoms with Crippen LogP contribution in [0.4, 0.5) is 0 Å². The molecule has 0 aliphatic carbocycles. The molecule has 0 saturated heterocycles. The molecule has 0 unspecified atom stereocenters. The molecule has 0 fully saturated rings. The Hall–Kier alpha value is -2.21. The number of fused-ring (bicyclic) bond motifs is 1. The van der Waals surface area contributed by atoms with Crippen LogP contribution in [0.3, 0.4) is 0 Å². The Morgan fingerprint density at radius 1 is 1.45 bits per heavy atom. The first-order valence-corrected chi connectivity index (χ1v) is 7.17. The highest BCUT2D eigenvalue weighted by Gasteiger charge is 2.13. The number of hydrogen-bond donors (Lipinski definition) is 1. The van der Waals surface area contributed by atoms with Gasteiger partial charge in [-0.25, -0.2) is 9.78 Å². The normalized spacial score (nSPS) is 11.1. The first-order chi connectivity index (χ1) is 9.69. The first-order valence-electron chi connectivity index (χ1n) is 6.29. The number of aryl methyl sites for hydroxylation is 1. The SMILES string of the molecule is CCc1nc2ccc(C(=O)O)cc2n1Cc1cncs1. The second-order valence-electron chi connectivity index (χ2n) is 4.44. The van der Waals surface area contributed by atoms with Gasteiger partial charge in [0.1, 0.15) is 5.82 Å². The van der Waals surface area contributed by atoms with Gasteiger partial charge in [0.15, 0.2) is 0 Å². The molecule has 0 spiro atoms. The van der Waals surface area contributed by atoms with Gasteiger partial charge in [0.25, 0.3) is 0 Å². The number of hydrogen-bond acceptors (Lipinski definition) is 4. The van der Waals surface area contributed by atoms with E-state index in [1.54, 1.807) is 35.0 Å². The fraction of sp³-hybridized carbons (Fsp3) is 0.214. The van der Waals surface area contributed by atoms with E-state index in [1.165, 1.54) is 0 Å². The fourth-order valence-corrected chi connectivity index (χ4v) is 2.81.